The molecule has 0 aromatic heterocycles. The molecule has 0 saturated carbocycles. The van der Waals surface area contributed by atoms with E-state index < -0.39 is 0 Å². The Bertz CT molecular complexity index is 163. The summed E-state index contributed by atoms with van der Waals surface area (Å²) < 4.78 is 0. The van der Waals surface area contributed by atoms with Crippen molar-refractivity contribution in [3.8, 4) is 0 Å². The van der Waals surface area contributed by atoms with Crippen molar-refractivity contribution in [2.24, 2.45) is 0 Å². The zero-order valence-electron chi connectivity index (χ0n) is 8.37. The third-order valence-corrected chi connectivity index (χ3v) is 2.93. The molecule has 1 unspecified atom stereocenters. The Labute approximate surface area is 74.3 Å². The zero-order valence-corrected chi connectivity index (χ0v) is 8.37. The van der Waals surface area contributed by atoms with Gasteiger partial charge in [-0.1, -0.05) is 0 Å². The maximum Gasteiger partial charge on any atom is 0.239 e. The molecule has 2 atom stereocenters. The first-order valence-electron chi connectivity index (χ1n) is 4.51. The lowest BCUT2D eigenvalue weighted by Gasteiger charge is -2.24. The normalized spacial score (nSPS) is 33.7. The van der Waals surface area contributed by atoms with Crippen LogP contribution in [0.15, 0.2) is 0 Å². The van der Waals surface area contributed by atoms with E-state index in [2.05, 4.69) is 11.8 Å². The number of carbonyl (C=O) groups excluding carboxylic acids is 1. The van der Waals surface area contributed by atoms with Crippen LogP contribution in [0, 0.1) is 0 Å². The summed E-state index contributed by atoms with van der Waals surface area (Å²) in [6, 6.07) is 0.421. The highest BCUT2D eigenvalue weighted by Crippen LogP contribution is 2.12. The summed E-state index contributed by atoms with van der Waals surface area (Å²) in [6.45, 7) is 5.08. The van der Waals surface area contributed by atoms with Crippen molar-refractivity contribution in [3.05, 3.63) is 0 Å². The Morgan fingerprint density at radius 3 is 2.50 bits per heavy atom. The van der Waals surface area contributed by atoms with Gasteiger partial charge in [0.05, 0.1) is 6.04 Å². The van der Waals surface area contributed by atoms with Crippen molar-refractivity contribution >= 4 is 5.91 Å². The van der Waals surface area contributed by atoms with Gasteiger partial charge in [-0.05, 0) is 27.3 Å². The summed E-state index contributed by atoms with van der Waals surface area (Å²) in [5.74, 6) is 0.238. The molecule has 0 radical (unpaired) electrons. The molecule has 1 amide bonds. The number of likely N-dealkylation sites (N-methyl/N-ethyl adjacent to an activating group) is 2. The van der Waals surface area contributed by atoms with Crippen molar-refractivity contribution in [1.82, 2.24) is 9.80 Å². The molecule has 0 spiro atoms. The molecule has 0 aromatic carbocycles. The van der Waals surface area contributed by atoms with E-state index in [1.807, 2.05) is 25.9 Å². The van der Waals surface area contributed by atoms with E-state index in [4.69, 9.17) is 0 Å². The molecule has 1 fully saturated rings. The smallest absolute Gasteiger partial charge is 0.239 e. The number of carbonyl (C=O) groups is 1. The van der Waals surface area contributed by atoms with Crippen LogP contribution >= 0.6 is 0 Å². The van der Waals surface area contributed by atoms with Crippen molar-refractivity contribution < 1.29 is 4.79 Å². The Kier molecular flexibility index (Phi) is 2.73. The van der Waals surface area contributed by atoms with E-state index in [1.165, 1.54) is 0 Å². The maximum atomic E-state index is 11.7. The number of hydrogen-bond donors (Lipinski definition) is 0. The minimum Gasteiger partial charge on any atom is -0.342 e. The minimum absolute atomic E-state index is 0.0416. The first-order chi connectivity index (χ1) is 5.54. The summed E-state index contributed by atoms with van der Waals surface area (Å²) in [4.78, 5) is 15.6. The van der Waals surface area contributed by atoms with Gasteiger partial charge in [0.2, 0.25) is 5.91 Å². The van der Waals surface area contributed by atoms with Crippen molar-refractivity contribution in [3.63, 3.8) is 0 Å². The van der Waals surface area contributed by atoms with Crippen LogP contribution in [-0.4, -0.2) is 48.4 Å². The molecule has 1 heterocycles. The topological polar surface area (TPSA) is 23.6 Å². The second kappa shape index (κ2) is 3.44. The number of nitrogens with zero attached hydrogens (tertiary/aromatic N) is 2. The molecular weight excluding hydrogens is 152 g/mol. The number of rotatable bonds is 0. The van der Waals surface area contributed by atoms with Gasteiger partial charge in [-0.15, -0.1) is 0 Å². The second-order valence-electron chi connectivity index (χ2n) is 3.74. The van der Waals surface area contributed by atoms with E-state index >= 15 is 0 Å². The van der Waals surface area contributed by atoms with Gasteiger partial charge in [-0.2, -0.15) is 0 Å². The van der Waals surface area contributed by atoms with Crippen LogP contribution in [0.3, 0.4) is 0 Å². The van der Waals surface area contributed by atoms with E-state index in [0.29, 0.717) is 6.04 Å². The molecule has 0 N–H and O–H groups in total. The standard InChI is InChI=1S/C9H18N2O/c1-7-5-6-10(3)8(2)9(12)11(7)4/h7-8H,5-6H2,1-4H3/t7-,8?/m1/s1. The quantitative estimate of drug-likeness (QED) is 0.530. The molecule has 1 aliphatic heterocycles. The van der Waals surface area contributed by atoms with Crippen LogP contribution in [0.4, 0.5) is 0 Å². The van der Waals surface area contributed by atoms with Crippen LogP contribution in [0.25, 0.3) is 0 Å². The molecule has 0 bridgehead atoms. The highest BCUT2D eigenvalue weighted by molar-refractivity contribution is 5.81. The van der Waals surface area contributed by atoms with Gasteiger partial charge in [0.25, 0.3) is 0 Å². The third kappa shape index (κ3) is 1.61. The first kappa shape index (κ1) is 9.52. The van der Waals surface area contributed by atoms with E-state index in [1.54, 1.807) is 0 Å². The lowest BCUT2D eigenvalue weighted by Crippen LogP contribution is -2.42. The Hall–Kier alpha value is -0.570. The highest BCUT2D eigenvalue weighted by atomic mass is 16.2. The molecule has 3 nitrogen and oxygen atoms in total. The Balaban J connectivity index is 2.75. The summed E-state index contributed by atoms with van der Waals surface area (Å²) in [6.07, 6.45) is 1.07. The average Bonchev–Trinajstić information content (AvgIpc) is 2.14. The molecule has 1 saturated heterocycles. The Morgan fingerprint density at radius 1 is 1.33 bits per heavy atom. The molecule has 12 heavy (non-hydrogen) atoms. The predicted octanol–water partition coefficient (Wildman–Crippen LogP) is 0.557. The van der Waals surface area contributed by atoms with E-state index in [9.17, 15) is 4.79 Å². The van der Waals surface area contributed by atoms with Gasteiger partial charge < -0.3 is 4.90 Å². The van der Waals surface area contributed by atoms with E-state index in [0.717, 1.165) is 13.0 Å². The summed E-state index contributed by atoms with van der Waals surface area (Å²) in [5, 5.41) is 0. The fraction of sp³-hybridized carbons (Fsp3) is 0.889. The van der Waals surface area contributed by atoms with Gasteiger partial charge in [0.15, 0.2) is 0 Å². The fourth-order valence-corrected chi connectivity index (χ4v) is 1.48. The number of amides is 1. The molecule has 1 aliphatic rings. The molecule has 0 aliphatic carbocycles. The molecule has 3 heteroatoms. The van der Waals surface area contributed by atoms with E-state index in [-0.39, 0.29) is 11.9 Å². The SMILES string of the molecule is CC1C(=O)N(C)[C@H](C)CCN1C. The van der Waals surface area contributed by atoms with Crippen LogP contribution in [0.5, 0.6) is 0 Å². The lowest BCUT2D eigenvalue weighted by atomic mass is 10.2. The van der Waals surface area contributed by atoms with Gasteiger partial charge in [-0.25, -0.2) is 0 Å². The van der Waals surface area contributed by atoms with Gasteiger partial charge in [0.1, 0.15) is 0 Å². The van der Waals surface area contributed by atoms with Crippen LogP contribution < -0.4 is 0 Å². The molecule has 0 aromatic rings. The average molecular weight is 170 g/mol. The molecule has 70 valence electrons. The van der Waals surface area contributed by atoms with Gasteiger partial charge in [0, 0.05) is 19.6 Å². The molecular formula is C9H18N2O. The van der Waals surface area contributed by atoms with Crippen molar-refractivity contribution in [2.45, 2.75) is 32.4 Å². The van der Waals surface area contributed by atoms with Crippen LogP contribution in [0.1, 0.15) is 20.3 Å². The van der Waals surface area contributed by atoms with Gasteiger partial charge >= 0.3 is 0 Å². The van der Waals surface area contributed by atoms with Crippen molar-refractivity contribution in [2.75, 3.05) is 20.6 Å². The predicted molar refractivity (Wildman–Crippen MR) is 48.9 cm³/mol. The lowest BCUT2D eigenvalue weighted by molar-refractivity contribution is -0.134. The summed E-state index contributed by atoms with van der Waals surface area (Å²) in [5.41, 5.74) is 0. The second-order valence-corrected chi connectivity index (χ2v) is 3.74. The number of hydrogen-bond acceptors (Lipinski definition) is 2. The highest BCUT2D eigenvalue weighted by Gasteiger charge is 2.28. The van der Waals surface area contributed by atoms with Gasteiger partial charge in [-0.3, -0.25) is 9.69 Å². The first-order valence-corrected chi connectivity index (χ1v) is 4.51. The monoisotopic (exact) mass is 170 g/mol. The third-order valence-electron chi connectivity index (χ3n) is 2.93. The van der Waals surface area contributed by atoms with Crippen molar-refractivity contribution in [1.29, 1.82) is 0 Å². The fourth-order valence-electron chi connectivity index (χ4n) is 1.48. The summed E-state index contributed by atoms with van der Waals surface area (Å²) in [7, 11) is 3.90. The summed E-state index contributed by atoms with van der Waals surface area (Å²) >= 11 is 0. The Morgan fingerprint density at radius 2 is 1.92 bits per heavy atom. The van der Waals surface area contributed by atoms with Crippen LogP contribution in [0.2, 0.25) is 0 Å². The largest absolute Gasteiger partial charge is 0.342 e. The van der Waals surface area contributed by atoms with Crippen LogP contribution in [-0.2, 0) is 4.79 Å². The minimum atomic E-state index is 0.0416. The zero-order chi connectivity index (χ0) is 9.30. The molecule has 1 rings (SSSR count). The maximum absolute atomic E-state index is 11.7.